The van der Waals surface area contributed by atoms with Crippen molar-refractivity contribution in [2.75, 3.05) is 13.7 Å². The fourth-order valence-corrected chi connectivity index (χ4v) is 4.07. The number of nitrogens with zero attached hydrogens (tertiary/aromatic N) is 2. The van der Waals surface area contributed by atoms with Crippen LogP contribution in [0, 0.1) is 6.92 Å². The summed E-state index contributed by atoms with van der Waals surface area (Å²) in [6, 6.07) is 7.51. The van der Waals surface area contributed by atoms with Gasteiger partial charge in [-0.3, -0.25) is 4.68 Å². The van der Waals surface area contributed by atoms with Crippen LogP contribution in [0.2, 0.25) is 0 Å². The van der Waals surface area contributed by atoms with Crippen molar-refractivity contribution in [3.05, 3.63) is 41.1 Å². The van der Waals surface area contributed by atoms with Crippen LogP contribution >= 0.6 is 0 Å². The minimum absolute atomic E-state index is 0.00873. The van der Waals surface area contributed by atoms with Crippen LogP contribution < -0.4 is 9.47 Å². The summed E-state index contributed by atoms with van der Waals surface area (Å²) in [6.45, 7) is 8.25. The summed E-state index contributed by atoms with van der Waals surface area (Å²) in [5, 5.41) is 47.0. The molecule has 1 unspecified atom stereocenters. The van der Waals surface area contributed by atoms with E-state index in [4.69, 9.17) is 18.9 Å². The van der Waals surface area contributed by atoms with Gasteiger partial charge in [0.25, 0.3) is 0 Å². The van der Waals surface area contributed by atoms with Crippen molar-refractivity contribution >= 4 is 5.97 Å². The van der Waals surface area contributed by atoms with E-state index >= 15 is 0 Å². The molecule has 0 spiro atoms. The van der Waals surface area contributed by atoms with Gasteiger partial charge in [0.2, 0.25) is 17.8 Å². The minimum Gasteiger partial charge on any atom is -0.497 e. The number of aromatic nitrogens is 2. The predicted molar refractivity (Wildman–Crippen MR) is 128 cm³/mol. The number of carbonyl (C=O) groups excluding carboxylic acids is 1. The van der Waals surface area contributed by atoms with Crippen molar-refractivity contribution in [1.29, 1.82) is 0 Å². The maximum absolute atomic E-state index is 12.3. The van der Waals surface area contributed by atoms with Gasteiger partial charge in [0.15, 0.2) is 0 Å². The molecule has 0 radical (unpaired) electrons. The van der Waals surface area contributed by atoms with Crippen LogP contribution in [-0.2, 0) is 20.7 Å². The smallest absolute Gasteiger partial charge is 0.343 e. The Labute approximate surface area is 210 Å². The summed E-state index contributed by atoms with van der Waals surface area (Å²) in [5.74, 6) is -0.277. The van der Waals surface area contributed by atoms with Gasteiger partial charge < -0.3 is 39.4 Å². The Hall–Kier alpha value is -2.70. The molecule has 4 N–H and O–H groups in total. The molecule has 11 heteroatoms. The number of hydrogen-bond acceptors (Lipinski definition) is 10. The van der Waals surface area contributed by atoms with Crippen molar-refractivity contribution in [2.45, 2.75) is 83.4 Å². The van der Waals surface area contributed by atoms with E-state index in [9.17, 15) is 25.2 Å². The maximum atomic E-state index is 12.3. The highest BCUT2D eigenvalue weighted by molar-refractivity contribution is 5.80. The molecule has 11 nitrogen and oxygen atoms in total. The number of carbonyl (C=O) groups is 1. The average Bonchev–Trinajstić information content (AvgIpc) is 3.12. The van der Waals surface area contributed by atoms with Crippen LogP contribution in [0.25, 0.3) is 0 Å². The molecule has 1 aliphatic rings. The fraction of sp³-hybridized carbons (Fsp3) is 0.600. The zero-order valence-corrected chi connectivity index (χ0v) is 21.4. The molecule has 3 rings (SSSR count). The molecule has 0 amide bonds. The lowest BCUT2D eigenvalue weighted by Gasteiger charge is -2.42. The third kappa shape index (κ3) is 5.65. The van der Waals surface area contributed by atoms with E-state index in [-0.39, 0.29) is 11.9 Å². The van der Waals surface area contributed by atoms with Gasteiger partial charge in [-0.2, -0.15) is 0 Å². The van der Waals surface area contributed by atoms with E-state index in [1.807, 2.05) is 45.0 Å². The van der Waals surface area contributed by atoms with Gasteiger partial charge >= 0.3 is 5.97 Å². The third-order valence-electron chi connectivity index (χ3n) is 6.12. The highest BCUT2D eigenvalue weighted by atomic mass is 16.6. The second kappa shape index (κ2) is 11.1. The number of aliphatic hydroxyl groups excluding tert-OH is 3. The fourth-order valence-electron chi connectivity index (χ4n) is 4.07. The normalized spacial score (nSPS) is 25.2. The van der Waals surface area contributed by atoms with Crippen LogP contribution in [0.1, 0.15) is 50.6 Å². The second-order valence-electron chi connectivity index (χ2n) is 9.53. The summed E-state index contributed by atoms with van der Waals surface area (Å²) in [5.41, 5.74) is 0.0179. The van der Waals surface area contributed by atoms with Gasteiger partial charge in [-0.1, -0.05) is 12.1 Å². The van der Waals surface area contributed by atoms with E-state index in [0.717, 1.165) is 22.6 Å². The maximum Gasteiger partial charge on any atom is 0.343 e. The van der Waals surface area contributed by atoms with E-state index in [1.54, 1.807) is 25.6 Å². The Morgan fingerprint density at radius 3 is 2.42 bits per heavy atom. The molecule has 2 aromatic rings. The zero-order valence-electron chi connectivity index (χ0n) is 21.4. The summed E-state index contributed by atoms with van der Waals surface area (Å²) in [7, 11) is 1.59. The number of aliphatic hydroxyl groups is 4. The minimum atomic E-state index is -2.49. The third-order valence-corrected chi connectivity index (χ3v) is 6.12. The SMILES string of the molecule is COc1ccc(Cc2c(OC(O)[C@H]3OC[C@@](O)(C(=O)OC(C)C)[C@@H](O)[C@@H]3O)nn(C(C)C)c2C)cc1. The molecular formula is C25H36N2O9. The van der Waals surface area contributed by atoms with E-state index in [0.29, 0.717) is 6.42 Å². The lowest BCUT2D eigenvalue weighted by Crippen LogP contribution is -2.67. The van der Waals surface area contributed by atoms with Crippen LogP contribution in [0.15, 0.2) is 24.3 Å². The predicted octanol–water partition coefficient (Wildman–Crippen LogP) is 0.872. The Bertz CT molecular complexity index is 1040. The summed E-state index contributed by atoms with van der Waals surface area (Å²) in [4.78, 5) is 12.3. The van der Waals surface area contributed by atoms with E-state index in [2.05, 4.69) is 5.10 Å². The monoisotopic (exact) mass is 508 g/mol. The molecule has 0 aliphatic carbocycles. The molecule has 5 atom stereocenters. The van der Waals surface area contributed by atoms with Gasteiger partial charge in [-0.05, 0) is 52.3 Å². The average molecular weight is 509 g/mol. The molecule has 1 saturated heterocycles. The number of hydrogen-bond donors (Lipinski definition) is 4. The van der Waals surface area contributed by atoms with Gasteiger partial charge in [-0.25, -0.2) is 4.79 Å². The first kappa shape index (κ1) is 27.9. The van der Waals surface area contributed by atoms with Crippen molar-refractivity contribution in [3.63, 3.8) is 0 Å². The van der Waals surface area contributed by atoms with Crippen LogP contribution in [-0.4, -0.2) is 86.2 Å². The number of rotatable bonds is 9. The Morgan fingerprint density at radius 2 is 1.86 bits per heavy atom. The second-order valence-corrected chi connectivity index (χ2v) is 9.53. The lowest BCUT2D eigenvalue weighted by atomic mass is 9.87. The number of benzene rings is 1. The molecule has 1 aliphatic heterocycles. The van der Waals surface area contributed by atoms with Crippen LogP contribution in [0.3, 0.4) is 0 Å². The Morgan fingerprint density at radius 1 is 1.22 bits per heavy atom. The highest BCUT2D eigenvalue weighted by Crippen LogP contribution is 2.31. The molecule has 1 fully saturated rings. The quantitative estimate of drug-likeness (QED) is 0.284. The first-order chi connectivity index (χ1) is 16.9. The first-order valence-corrected chi connectivity index (χ1v) is 11.9. The largest absolute Gasteiger partial charge is 0.497 e. The van der Waals surface area contributed by atoms with E-state index in [1.165, 1.54) is 0 Å². The Kier molecular flexibility index (Phi) is 8.63. The van der Waals surface area contributed by atoms with Crippen molar-refractivity contribution in [2.24, 2.45) is 0 Å². The van der Waals surface area contributed by atoms with Crippen LogP contribution in [0.5, 0.6) is 11.6 Å². The van der Waals surface area contributed by atoms with Gasteiger partial charge in [0.05, 0.1) is 19.8 Å². The number of ether oxygens (including phenoxy) is 4. The first-order valence-electron chi connectivity index (χ1n) is 11.9. The molecule has 200 valence electrons. The highest BCUT2D eigenvalue weighted by Gasteiger charge is 2.56. The van der Waals surface area contributed by atoms with Crippen molar-refractivity contribution < 1.29 is 44.2 Å². The van der Waals surface area contributed by atoms with Crippen molar-refractivity contribution in [3.8, 4) is 11.6 Å². The molecule has 1 aromatic heterocycles. The number of esters is 1. The van der Waals surface area contributed by atoms with Gasteiger partial charge in [-0.15, -0.1) is 5.10 Å². The molecular weight excluding hydrogens is 472 g/mol. The van der Waals surface area contributed by atoms with Crippen molar-refractivity contribution in [1.82, 2.24) is 9.78 Å². The summed E-state index contributed by atoms with van der Waals surface area (Å²) in [6.07, 6.45) is -7.16. The zero-order chi connectivity index (χ0) is 26.8. The van der Waals surface area contributed by atoms with Crippen LogP contribution in [0.4, 0.5) is 0 Å². The molecule has 2 heterocycles. The standard InChI is InChI=1S/C25H36N2O9/c1-13(2)27-15(5)18(11-16-7-9-17(33-6)10-8-16)22(26-27)36-23(30)20-19(28)21(29)25(32,12-34-20)24(31)35-14(3)4/h7-10,13-14,19-21,23,28-30,32H,11-12H2,1-6H3/t19-,20+,21+,23?,25+/m1/s1. The summed E-state index contributed by atoms with van der Waals surface area (Å²) >= 11 is 0. The molecule has 0 saturated carbocycles. The Balaban J connectivity index is 1.81. The molecule has 0 bridgehead atoms. The van der Waals surface area contributed by atoms with E-state index < -0.39 is 48.9 Å². The topological polar surface area (TPSA) is 153 Å². The van der Waals surface area contributed by atoms with Gasteiger partial charge in [0.1, 0.15) is 24.1 Å². The molecule has 36 heavy (non-hydrogen) atoms. The molecule has 1 aromatic carbocycles. The number of methoxy groups -OCH3 is 1. The summed E-state index contributed by atoms with van der Waals surface area (Å²) < 4.78 is 23.1. The van der Waals surface area contributed by atoms with Gasteiger partial charge in [0, 0.05) is 23.7 Å². The lowest BCUT2D eigenvalue weighted by molar-refractivity contribution is -0.273.